The molecular formula is C31H32N2O. The first kappa shape index (κ1) is 22.3. The number of aromatic nitrogens is 1. The van der Waals surface area contributed by atoms with Gasteiger partial charge < -0.3 is 15.4 Å². The third-order valence-electron chi connectivity index (χ3n) is 7.24. The Bertz CT molecular complexity index is 1480. The Morgan fingerprint density at radius 2 is 1.68 bits per heavy atom. The van der Waals surface area contributed by atoms with Crippen LogP contribution in [0.15, 0.2) is 54.7 Å². The molecule has 4 aromatic rings. The highest BCUT2D eigenvalue weighted by Gasteiger charge is 2.40. The van der Waals surface area contributed by atoms with E-state index in [4.69, 9.17) is 0 Å². The fourth-order valence-electron chi connectivity index (χ4n) is 5.37. The second-order valence-electron chi connectivity index (χ2n) is 10.3. The zero-order chi connectivity index (χ0) is 24.2. The molecule has 2 heterocycles. The summed E-state index contributed by atoms with van der Waals surface area (Å²) in [5.74, 6) is 6.91. The standard InChI is InChI=1S/C31H32N2O/c1-18-9-7-10-22(15-18)13-14-24-26(25-12-8-11-23-20(3)17-32-29(23)25)16-19(2)28-27(24)21(4)30(34)31(5,6)33-28/h7-12,15-17,21,30,32-34H,1-6H3/t21-,30+/m0/s1. The number of para-hydroxylation sites is 1. The zero-order valence-electron chi connectivity index (χ0n) is 20.8. The summed E-state index contributed by atoms with van der Waals surface area (Å²) in [6.07, 6.45) is 1.53. The molecule has 0 bridgehead atoms. The summed E-state index contributed by atoms with van der Waals surface area (Å²) in [5, 5.41) is 16.1. The third kappa shape index (κ3) is 3.59. The van der Waals surface area contributed by atoms with Crippen molar-refractivity contribution < 1.29 is 5.11 Å². The van der Waals surface area contributed by atoms with E-state index in [2.05, 4.69) is 112 Å². The van der Waals surface area contributed by atoms with Crippen LogP contribution in [0, 0.1) is 32.6 Å². The second kappa shape index (κ2) is 8.08. The summed E-state index contributed by atoms with van der Waals surface area (Å²) in [4.78, 5) is 3.48. The predicted molar refractivity (Wildman–Crippen MR) is 142 cm³/mol. The molecule has 0 spiro atoms. The molecule has 34 heavy (non-hydrogen) atoms. The largest absolute Gasteiger partial charge is 0.390 e. The number of hydrogen-bond donors (Lipinski definition) is 3. The summed E-state index contributed by atoms with van der Waals surface area (Å²) in [6.45, 7) is 12.6. The van der Waals surface area contributed by atoms with Crippen molar-refractivity contribution in [3.05, 3.63) is 88.1 Å². The highest BCUT2D eigenvalue weighted by Crippen LogP contribution is 2.46. The molecule has 3 N–H and O–H groups in total. The molecule has 0 saturated heterocycles. The van der Waals surface area contributed by atoms with E-state index in [1.54, 1.807) is 0 Å². The molecule has 3 heteroatoms. The molecule has 0 radical (unpaired) electrons. The first-order valence-electron chi connectivity index (χ1n) is 12.0. The number of rotatable bonds is 1. The normalized spacial score (nSPS) is 18.7. The van der Waals surface area contributed by atoms with Gasteiger partial charge in [-0.05, 0) is 75.1 Å². The molecule has 1 aromatic heterocycles. The van der Waals surface area contributed by atoms with Gasteiger partial charge in [-0.25, -0.2) is 0 Å². The van der Waals surface area contributed by atoms with E-state index in [0.29, 0.717) is 0 Å². The van der Waals surface area contributed by atoms with Crippen molar-refractivity contribution >= 4 is 16.6 Å². The van der Waals surface area contributed by atoms with Gasteiger partial charge >= 0.3 is 0 Å². The van der Waals surface area contributed by atoms with Crippen LogP contribution in [0.4, 0.5) is 5.69 Å². The fourth-order valence-corrected chi connectivity index (χ4v) is 5.37. The SMILES string of the molecule is Cc1cccc(C#Cc2c(-c3cccc4c(C)c[nH]c34)cc(C)c3c2[C@H](C)[C@@H](O)C(C)(C)N3)c1. The van der Waals surface area contributed by atoms with Crippen molar-refractivity contribution in [1.82, 2.24) is 4.98 Å². The minimum atomic E-state index is -0.530. The van der Waals surface area contributed by atoms with E-state index in [1.807, 2.05) is 6.07 Å². The van der Waals surface area contributed by atoms with Crippen LogP contribution in [0.5, 0.6) is 0 Å². The van der Waals surface area contributed by atoms with E-state index < -0.39 is 11.6 Å². The van der Waals surface area contributed by atoms with Crippen molar-refractivity contribution in [2.24, 2.45) is 0 Å². The molecule has 5 rings (SSSR count). The number of nitrogens with one attached hydrogen (secondary N) is 2. The van der Waals surface area contributed by atoms with Crippen LogP contribution >= 0.6 is 0 Å². The number of aryl methyl sites for hydroxylation is 3. The lowest BCUT2D eigenvalue weighted by Crippen LogP contribution is -2.50. The minimum Gasteiger partial charge on any atom is -0.390 e. The molecule has 0 unspecified atom stereocenters. The maximum atomic E-state index is 11.2. The quantitative estimate of drug-likeness (QED) is 0.280. The topological polar surface area (TPSA) is 48.0 Å². The monoisotopic (exact) mass is 448 g/mol. The summed E-state index contributed by atoms with van der Waals surface area (Å²) in [7, 11) is 0. The number of aliphatic hydroxyl groups is 1. The molecular weight excluding hydrogens is 416 g/mol. The average molecular weight is 449 g/mol. The summed E-state index contributed by atoms with van der Waals surface area (Å²) < 4.78 is 0. The van der Waals surface area contributed by atoms with Gasteiger partial charge in [0.25, 0.3) is 0 Å². The van der Waals surface area contributed by atoms with Gasteiger partial charge in [0, 0.05) is 45.4 Å². The molecule has 1 aliphatic rings. The van der Waals surface area contributed by atoms with Crippen LogP contribution in [-0.4, -0.2) is 21.7 Å². The number of hydrogen-bond acceptors (Lipinski definition) is 2. The maximum absolute atomic E-state index is 11.2. The lowest BCUT2D eigenvalue weighted by molar-refractivity contribution is 0.0868. The molecule has 3 nitrogen and oxygen atoms in total. The molecule has 0 fully saturated rings. The van der Waals surface area contributed by atoms with Crippen molar-refractivity contribution in [1.29, 1.82) is 0 Å². The molecule has 0 saturated carbocycles. The average Bonchev–Trinajstić information content (AvgIpc) is 3.18. The van der Waals surface area contributed by atoms with Gasteiger partial charge in [-0.15, -0.1) is 0 Å². The third-order valence-corrected chi connectivity index (χ3v) is 7.24. The molecule has 1 aliphatic heterocycles. The number of aliphatic hydroxyl groups excluding tert-OH is 1. The number of H-pyrrole nitrogens is 1. The van der Waals surface area contributed by atoms with E-state index in [1.165, 1.54) is 22.1 Å². The second-order valence-corrected chi connectivity index (χ2v) is 10.3. The van der Waals surface area contributed by atoms with Gasteiger partial charge in [0.2, 0.25) is 0 Å². The Balaban J connectivity index is 1.83. The van der Waals surface area contributed by atoms with Crippen molar-refractivity contribution in [3.8, 4) is 23.0 Å². The van der Waals surface area contributed by atoms with Crippen LogP contribution in [-0.2, 0) is 0 Å². The van der Waals surface area contributed by atoms with Crippen LogP contribution in [0.3, 0.4) is 0 Å². The van der Waals surface area contributed by atoms with Crippen molar-refractivity contribution in [2.45, 2.75) is 59.1 Å². The number of fused-ring (bicyclic) bond motifs is 2. The summed E-state index contributed by atoms with van der Waals surface area (Å²) in [6, 6.07) is 17.0. The Hall–Kier alpha value is -3.48. The van der Waals surface area contributed by atoms with Gasteiger partial charge in [0.1, 0.15) is 0 Å². The lowest BCUT2D eigenvalue weighted by atomic mass is 9.75. The number of benzene rings is 3. The van der Waals surface area contributed by atoms with Crippen LogP contribution < -0.4 is 5.32 Å². The van der Waals surface area contributed by atoms with Gasteiger partial charge in [0.15, 0.2) is 0 Å². The van der Waals surface area contributed by atoms with E-state index in [9.17, 15) is 5.11 Å². The highest BCUT2D eigenvalue weighted by atomic mass is 16.3. The number of aromatic amines is 1. The Kier molecular flexibility index (Phi) is 5.30. The van der Waals surface area contributed by atoms with Crippen LogP contribution in [0.2, 0.25) is 0 Å². The Morgan fingerprint density at radius 1 is 0.912 bits per heavy atom. The van der Waals surface area contributed by atoms with Gasteiger partial charge in [-0.2, -0.15) is 0 Å². The van der Waals surface area contributed by atoms with Gasteiger partial charge in [-0.3, -0.25) is 0 Å². The van der Waals surface area contributed by atoms with Gasteiger partial charge in [0.05, 0.1) is 17.2 Å². The minimum absolute atomic E-state index is 0.0590. The molecule has 3 aromatic carbocycles. The van der Waals surface area contributed by atoms with E-state index >= 15 is 0 Å². The Morgan fingerprint density at radius 3 is 2.44 bits per heavy atom. The number of anilines is 1. The zero-order valence-corrected chi connectivity index (χ0v) is 20.8. The lowest BCUT2D eigenvalue weighted by Gasteiger charge is -2.43. The Labute approximate surface area is 202 Å². The smallest absolute Gasteiger partial charge is 0.0831 e. The van der Waals surface area contributed by atoms with Crippen LogP contribution in [0.25, 0.3) is 22.0 Å². The highest BCUT2D eigenvalue weighted by molar-refractivity contribution is 5.98. The molecule has 172 valence electrons. The van der Waals surface area contributed by atoms with Gasteiger partial charge in [-0.1, -0.05) is 49.1 Å². The summed E-state index contributed by atoms with van der Waals surface area (Å²) in [5.41, 5.74) is 10.7. The van der Waals surface area contributed by atoms with E-state index in [-0.39, 0.29) is 5.92 Å². The van der Waals surface area contributed by atoms with Crippen molar-refractivity contribution in [3.63, 3.8) is 0 Å². The maximum Gasteiger partial charge on any atom is 0.0831 e. The molecule has 0 amide bonds. The fraction of sp³-hybridized carbons (Fsp3) is 0.290. The van der Waals surface area contributed by atoms with Crippen molar-refractivity contribution in [2.75, 3.05) is 5.32 Å². The molecule has 2 atom stereocenters. The van der Waals surface area contributed by atoms with Crippen LogP contribution in [0.1, 0.15) is 60.1 Å². The molecule has 0 aliphatic carbocycles. The first-order chi connectivity index (χ1) is 16.2. The predicted octanol–water partition coefficient (Wildman–Crippen LogP) is 6.83. The van der Waals surface area contributed by atoms with E-state index in [0.717, 1.165) is 39.0 Å². The first-order valence-corrected chi connectivity index (χ1v) is 12.0. The summed E-state index contributed by atoms with van der Waals surface area (Å²) >= 11 is 0.